The van der Waals surface area contributed by atoms with Crippen molar-refractivity contribution in [2.24, 2.45) is 0 Å². The molecule has 0 aliphatic rings. The molecule has 104 valence electrons. The highest BCUT2D eigenvalue weighted by Gasteiger charge is 2.05. The van der Waals surface area contributed by atoms with Crippen molar-refractivity contribution in [2.75, 3.05) is 11.5 Å². The molecule has 0 bridgehead atoms. The summed E-state index contributed by atoms with van der Waals surface area (Å²) in [4.78, 5) is 12.9. The van der Waals surface area contributed by atoms with Crippen LogP contribution in [0.2, 0.25) is 0 Å². The molecule has 0 atom stereocenters. The van der Waals surface area contributed by atoms with Crippen molar-refractivity contribution in [3.63, 3.8) is 0 Å². The molecule has 2 aromatic rings. The number of benzene rings is 2. The standard InChI is InChI=1S/C16H18N2OS/c1-12-9-14(17)7-8-15(12)20-11-16(19)18-10-13-5-3-2-4-6-13/h2-9H,10-11,17H2,1H3,(H,18,19). The van der Waals surface area contributed by atoms with Gasteiger partial charge in [0.15, 0.2) is 0 Å². The number of thioether (sulfide) groups is 1. The largest absolute Gasteiger partial charge is 0.399 e. The topological polar surface area (TPSA) is 55.1 Å². The molecule has 4 heteroatoms. The molecule has 20 heavy (non-hydrogen) atoms. The number of amides is 1. The van der Waals surface area contributed by atoms with Gasteiger partial charge in [-0.25, -0.2) is 0 Å². The minimum Gasteiger partial charge on any atom is -0.399 e. The van der Waals surface area contributed by atoms with Crippen LogP contribution in [0.5, 0.6) is 0 Å². The smallest absolute Gasteiger partial charge is 0.230 e. The summed E-state index contributed by atoms with van der Waals surface area (Å²) < 4.78 is 0. The first kappa shape index (κ1) is 14.5. The van der Waals surface area contributed by atoms with Crippen LogP contribution in [-0.4, -0.2) is 11.7 Å². The molecule has 0 fully saturated rings. The highest BCUT2D eigenvalue weighted by Crippen LogP contribution is 2.23. The van der Waals surface area contributed by atoms with E-state index in [4.69, 9.17) is 5.73 Å². The lowest BCUT2D eigenvalue weighted by Gasteiger charge is -2.07. The zero-order valence-corrected chi connectivity index (χ0v) is 12.2. The summed E-state index contributed by atoms with van der Waals surface area (Å²) in [5.74, 6) is 0.451. The normalized spacial score (nSPS) is 10.2. The lowest BCUT2D eigenvalue weighted by atomic mass is 10.2. The number of hydrogen-bond acceptors (Lipinski definition) is 3. The molecule has 0 heterocycles. The van der Waals surface area contributed by atoms with E-state index < -0.39 is 0 Å². The van der Waals surface area contributed by atoms with E-state index in [1.165, 1.54) is 11.8 Å². The second-order valence-electron chi connectivity index (χ2n) is 4.58. The number of carbonyl (C=O) groups is 1. The molecule has 0 unspecified atom stereocenters. The highest BCUT2D eigenvalue weighted by atomic mass is 32.2. The number of aryl methyl sites for hydroxylation is 1. The molecule has 2 rings (SSSR count). The fourth-order valence-electron chi connectivity index (χ4n) is 1.83. The Morgan fingerprint density at radius 1 is 1.20 bits per heavy atom. The molecule has 0 radical (unpaired) electrons. The molecule has 1 amide bonds. The molecule has 0 aromatic heterocycles. The quantitative estimate of drug-likeness (QED) is 0.656. The summed E-state index contributed by atoms with van der Waals surface area (Å²) in [6.07, 6.45) is 0. The predicted molar refractivity (Wildman–Crippen MR) is 84.6 cm³/mol. The third kappa shape index (κ3) is 4.31. The molecular weight excluding hydrogens is 268 g/mol. The highest BCUT2D eigenvalue weighted by molar-refractivity contribution is 8.00. The van der Waals surface area contributed by atoms with E-state index in [1.54, 1.807) is 0 Å². The SMILES string of the molecule is Cc1cc(N)ccc1SCC(=O)NCc1ccccc1. The van der Waals surface area contributed by atoms with Gasteiger partial charge in [-0.2, -0.15) is 0 Å². The van der Waals surface area contributed by atoms with Gasteiger partial charge in [0.1, 0.15) is 0 Å². The lowest BCUT2D eigenvalue weighted by molar-refractivity contribution is -0.118. The maximum Gasteiger partial charge on any atom is 0.230 e. The molecule has 3 nitrogen and oxygen atoms in total. The summed E-state index contributed by atoms with van der Waals surface area (Å²) in [5, 5.41) is 2.92. The van der Waals surface area contributed by atoms with Gasteiger partial charge in [-0.15, -0.1) is 11.8 Å². The van der Waals surface area contributed by atoms with Gasteiger partial charge in [0.05, 0.1) is 5.75 Å². The Morgan fingerprint density at radius 3 is 2.65 bits per heavy atom. The average molecular weight is 286 g/mol. The number of nitrogen functional groups attached to an aromatic ring is 1. The fourth-order valence-corrected chi connectivity index (χ4v) is 2.66. The van der Waals surface area contributed by atoms with Crippen LogP contribution in [0, 0.1) is 6.92 Å². The van der Waals surface area contributed by atoms with Crippen LogP contribution < -0.4 is 11.1 Å². The predicted octanol–water partition coefficient (Wildman–Crippen LogP) is 2.99. The summed E-state index contributed by atoms with van der Waals surface area (Å²) >= 11 is 1.53. The minimum atomic E-state index is 0.0371. The third-order valence-corrected chi connectivity index (χ3v) is 4.07. The van der Waals surface area contributed by atoms with Gasteiger partial charge in [0.2, 0.25) is 5.91 Å². The first-order chi connectivity index (χ1) is 9.65. The van der Waals surface area contributed by atoms with Gasteiger partial charge in [0.25, 0.3) is 0 Å². The van der Waals surface area contributed by atoms with Crippen molar-refractivity contribution in [3.05, 3.63) is 59.7 Å². The lowest BCUT2D eigenvalue weighted by Crippen LogP contribution is -2.24. The van der Waals surface area contributed by atoms with E-state index in [0.29, 0.717) is 12.3 Å². The van der Waals surface area contributed by atoms with Crippen molar-refractivity contribution in [1.82, 2.24) is 5.32 Å². The molecule has 3 N–H and O–H groups in total. The number of nitrogens with two attached hydrogens (primary N) is 1. The van der Waals surface area contributed by atoms with Gasteiger partial charge in [0, 0.05) is 17.1 Å². The maximum atomic E-state index is 11.8. The number of nitrogens with one attached hydrogen (secondary N) is 1. The molecule has 2 aromatic carbocycles. The number of rotatable bonds is 5. The Bertz CT molecular complexity index is 584. The van der Waals surface area contributed by atoms with Crippen LogP contribution in [0.3, 0.4) is 0 Å². The Balaban J connectivity index is 1.80. The monoisotopic (exact) mass is 286 g/mol. The summed E-state index contributed by atoms with van der Waals surface area (Å²) in [5.41, 5.74) is 8.67. The molecule has 0 aliphatic heterocycles. The Kier molecular flexibility index (Phi) is 5.07. The number of anilines is 1. The van der Waals surface area contributed by atoms with Crippen molar-refractivity contribution >= 4 is 23.4 Å². The zero-order valence-electron chi connectivity index (χ0n) is 11.4. The minimum absolute atomic E-state index is 0.0371. The maximum absolute atomic E-state index is 11.8. The second-order valence-corrected chi connectivity index (χ2v) is 5.59. The van der Waals surface area contributed by atoms with Gasteiger partial charge in [-0.05, 0) is 36.2 Å². The van der Waals surface area contributed by atoms with Gasteiger partial charge >= 0.3 is 0 Å². The van der Waals surface area contributed by atoms with Crippen molar-refractivity contribution in [3.8, 4) is 0 Å². The van der Waals surface area contributed by atoms with Crippen LogP contribution in [-0.2, 0) is 11.3 Å². The third-order valence-electron chi connectivity index (χ3n) is 2.89. The van der Waals surface area contributed by atoms with Crippen LogP contribution in [0.4, 0.5) is 5.69 Å². The van der Waals surface area contributed by atoms with E-state index in [-0.39, 0.29) is 5.91 Å². The van der Waals surface area contributed by atoms with Gasteiger partial charge in [-0.1, -0.05) is 30.3 Å². The van der Waals surface area contributed by atoms with Crippen molar-refractivity contribution in [1.29, 1.82) is 0 Å². The summed E-state index contributed by atoms with van der Waals surface area (Å²) in [7, 11) is 0. The number of hydrogen-bond donors (Lipinski definition) is 2. The van der Waals surface area contributed by atoms with Crippen LogP contribution >= 0.6 is 11.8 Å². The van der Waals surface area contributed by atoms with E-state index in [2.05, 4.69) is 5.32 Å². The molecule has 0 saturated heterocycles. The Labute approximate surface area is 123 Å². The van der Waals surface area contributed by atoms with Gasteiger partial charge in [-0.3, -0.25) is 4.79 Å². The van der Waals surface area contributed by atoms with E-state index in [1.807, 2.05) is 55.5 Å². The van der Waals surface area contributed by atoms with Crippen LogP contribution in [0.1, 0.15) is 11.1 Å². The zero-order chi connectivity index (χ0) is 14.4. The Hall–Kier alpha value is -1.94. The molecule has 0 spiro atoms. The average Bonchev–Trinajstić information content (AvgIpc) is 2.45. The first-order valence-corrected chi connectivity index (χ1v) is 7.43. The summed E-state index contributed by atoms with van der Waals surface area (Å²) in [6, 6.07) is 15.6. The number of carbonyl (C=O) groups excluding carboxylic acids is 1. The molecule has 0 saturated carbocycles. The summed E-state index contributed by atoms with van der Waals surface area (Å²) in [6.45, 7) is 2.57. The first-order valence-electron chi connectivity index (χ1n) is 6.44. The Morgan fingerprint density at radius 2 is 1.95 bits per heavy atom. The van der Waals surface area contributed by atoms with Crippen molar-refractivity contribution < 1.29 is 4.79 Å². The van der Waals surface area contributed by atoms with E-state index in [9.17, 15) is 4.79 Å². The molecule has 0 aliphatic carbocycles. The van der Waals surface area contributed by atoms with Crippen molar-refractivity contribution in [2.45, 2.75) is 18.4 Å². The van der Waals surface area contributed by atoms with Gasteiger partial charge < -0.3 is 11.1 Å². The molecular formula is C16H18N2OS. The van der Waals surface area contributed by atoms with Crippen LogP contribution in [0.25, 0.3) is 0 Å². The van der Waals surface area contributed by atoms with E-state index >= 15 is 0 Å². The van der Waals surface area contributed by atoms with E-state index in [0.717, 1.165) is 21.7 Å². The second kappa shape index (κ2) is 7.01. The fraction of sp³-hybridized carbons (Fsp3) is 0.188. The van der Waals surface area contributed by atoms with Crippen LogP contribution in [0.15, 0.2) is 53.4 Å².